The SMILES string of the molecule is COc1ccccc1COCCCOc1ccc(N2C(=O)CNC[C@@H]2COCc2cccc(C#N)c2)cc1. The molecule has 3 aromatic carbocycles. The van der Waals surface area contributed by atoms with Crippen LogP contribution >= 0.6 is 0 Å². The van der Waals surface area contributed by atoms with Gasteiger partial charge in [-0.1, -0.05) is 30.3 Å². The number of nitrogens with zero attached hydrogens (tertiary/aromatic N) is 2. The Balaban J connectivity index is 1.23. The Morgan fingerprint density at radius 2 is 1.84 bits per heavy atom. The highest BCUT2D eigenvalue weighted by molar-refractivity contribution is 5.96. The number of piperazine rings is 1. The molecule has 0 radical (unpaired) electrons. The van der Waals surface area contributed by atoms with Crippen LogP contribution in [0.3, 0.4) is 0 Å². The van der Waals surface area contributed by atoms with Crippen molar-refractivity contribution in [2.75, 3.05) is 44.9 Å². The number of para-hydroxylation sites is 1. The van der Waals surface area contributed by atoms with Crippen molar-refractivity contribution < 1.29 is 23.7 Å². The maximum atomic E-state index is 12.7. The first-order valence-electron chi connectivity index (χ1n) is 12.7. The third-order valence-electron chi connectivity index (χ3n) is 6.19. The minimum Gasteiger partial charge on any atom is -0.496 e. The second-order valence-corrected chi connectivity index (χ2v) is 8.94. The first-order valence-corrected chi connectivity index (χ1v) is 12.7. The summed E-state index contributed by atoms with van der Waals surface area (Å²) in [7, 11) is 1.66. The number of anilines is 1. The molecule has 0 aliphatic carbocycles. The molecule has 8 heteroatoms. The van der Waals surface area contributed by atoms with E-state index in [1.165, 1.54) is 0 Å². The molecule has 1 fully saturated rings. The van der Waals surface area contributed by atoms with Crippen molar-refractivity contribution in [2.24, 2.45) is 0 Å². The van der Waals surface area contributed by atoms with Gasteiger partial charge in [-0.15, -0.1) is 0 Å². The van der Waals surface area contributed by atoms with Crippen LogP contribution in [0.2, 0.25) is 0 Å². The summed E-state index contributed by atoms with van der Waals surface area (Å²) in [5.41, 5.74) is 3.36. The quantitative estimate of drug-likeness (QED) is 0.343. The number of nitrogens with one attached hydrogen (secondary N) is 1. The van der Waals surface area contributed by atoms with Gasteiger partial charge in [0.1, 0.15) is 11.5 Å². The van der Waals surface area contributed by atoms with Gasteiger partial charge in [-0.05, 0) is 48.0 Å². The molecular weight excluding hydrogens is 482 g/mol. The second-order valence-electron chi connectivity index (χ2n) is 8.94. The van der Waals surface area contributed by atoms with Crippen molar-refractivity contribution in [3.8, 4) is 17.6 Å². The van der Waals surface area contributed by atoms with E-state index in [1.54, 1.807) is 18.1 Å². The van der Waals surface area contributed by atoms with Crippen LogP contribution in [0.4, 0.5) is 5.69 Å². The smallest absolute Gasteiger partial charge is 0.241 e. The topological polar surface area (TPSA) is 93.1 Å². The Morgan fingerprint density at radius 1 is 1.00 bits per heavy atom. The first-order chi connectivity index (χ1) is 18.7. The molecule has 1 atom stereocenters. The van der Waals surface area contributed by atoms with E-state index in [0.29, 0.717) is 45.1 Å². The standard InChI is InChI=1S/C30H33N3O5/c1-35-29-9-3-2-8-25(29)21-36-14-5-15-38-28-12-10-26(11-13-28)33-27(18-32-19-30(33)34)22-37-20-24-7-4-6-23(16-24)17-31/h2-4,6-13,16,27,32H,5,14-15,18-22H2,1H3/t27-/m1/s1. The zero-order chi connectivity index (χ0) is 26.6. The lowest BCUT2D eigenvalue weighted by Gasteiger charge is -2.36. The van der Waals surface area contributed by atoms with E-state index < -0.39 is 0 Å². The van der Waals surface area contributed by atoms with E-state index in [4.69, 9.17) is 24.2 Å². The highest BCUT2D eigenvalue weighted by Gasteiger charge is 2.29. The third-order valence-corrected chi connectivity index (χ3v) is 6.19. The summed E-state index contributed by atoms with van der Waals surface area (Å²) in [5.74, 6) is 1.56. The normalized spacial score (nSPS) is 15.2. The number of carbonyl (C=O) groups excluding carboxylic acids is 1. The monoisotopic (exact) mass is 515 g/mol. The molecule has 0 unspecified atom stereocenters. The fourth-order valence-corrected chi connectivity index (χ4v) is 4.32. The molecule has 1 aliphatic rings. The zero-order valence-corrected chi connectivity index (χ0v) is 21.6. The van der Waals surface area contributed by atoms with Gasteiger partial charge in [-0.25, -0.2) is 0 Å². The molecule has 1 aliphatic heterocycles. The maximum absolute atomic E-state index is 12.7. The first kappa shape index (κ1) is 27.1. The molecule has 1 amide bonds. The predicted octanol–water partition coefficient (Wildman–Crippen LogP) is 4.07. The van der Waals surface area contributed by atoms with Gasteiger partial charge in [0, 0.05) is 24.2 Å². The lowest BCUT2D eigenvalue weighted by Crippen LogP contribution is -2.57. The predicted molar refractivity (Wildman–Crippen MR) is 144 cm³/mol. The molecule has 0 spiro atoms. The highest BCUT2D eigenvalue weighted by Crippen LogP contribution is 2.23. The van der Waals surface area contributed by atoms with Crippen molar-refractivity contribution in [3.05, 3.63) is 89.5 Å². The van der Waals surface area contributed by atoms with Gasteiger partial charge in [-0.2, -0.15) is 5.26 Å². The lowest BCUT2D eigenvalue weighted by atomic mass is 10.1. The molecule has 0 aromatic heterocycles. The van der Waals surface area contributed by atoms with Crippen LogP contribution in [-0.2, 0) is 27.5 Å². The summed E-state index contributed by atoms with van der Waals surface area (Å²) in [5, 5.41) is 12.2. The number of methoxy groups -OCH3 is 1. The number of rotatable bonds is 13. The Morgan fingerprint density at radius 3 is 2.66 bits per heavy atom. The molecule has 3 aromatic rings. The average Bonchev–Trinajstić information content (AvgIpc) is 2.96. The molecule has 1 heterocycles. The number of nitriles is 1. The van der Waals surface area contributed by atoms with Gasteiger partial charge in [0.2, 0.25) is 5.91 Å². The zero-order valence-electron chi connectivity index (χ0n) is 21.6. The second kappa shape index (κ2) is 14.1. The summed E-state index contributed by atoms with van der Waals surface area (Å²) >= 11 is 0. The van der Waals surface area contributed by atoms with E-state index in [2.05, 4.69) is 11.4 Å². The van der Waals surface area contributed by atoms with Crippen LogP contribution in [-0.4, -0.2) is 52.0 Å². The Bertz CT molecular complexity index is 1230. The molecule has 198 valence electrons. The van der Waals surface area contributed by atoms with Crippen molar-refractivity contribution in [1.29, 1.82) is 5.26 Å². The lowest BCUT2D eigenvalue weighted by molar-refractivity contribution is -0.119. The number of ether oxygens (including phenoxy) is 4. The van der Waals surface area contributed by atoms with Crippen LogP contribution in [0.15, 0.2) is 72.8 Å². The average molecular weight is 516 g/mol. The largest absolute Gasteiger partial charge is 0.496 e. The van der Waals surface area contributed by atoms with Crippen LogP contribution < -0.4 is 19.7 Å². The van der Waals surface area contributed by atoms with E-state index in [-0.39, 0.29) is 18.5 Å². The fourth-order valence-electron chi connectivity index (χ4n) is 4.32. The Hall–Kier alpha value is -3.90. The number of hydrogen-bond acceptors (Lipinski definition) is 7. The van der Waals surface area contributed by atoms with E-state index in [9.17, 15) is 4.79 Å². The number of carbonyl (C=O) groups is 1. The number of benzene rings is 3. The summed E-state index contributed by atoms with van der Waals surface area (Å²) in [6.07, 6.45) is 0.754. The van der Waals surface area contributed by atoms with E-state index in [1.807, 2.05) is 66.7 Å². The molecule has 4 rings (SSSR count). The minimum absolute atomic E-state index is 0.00260. The van der Waals surface area contributed by atoms with Gasteiger partial charge < -0.3 is 29.2 Å². The van der Waals surface area contributed by atoms with Crippen molar-refractivity contribution >= 4 is 11.6 Å². The molecular formula is C30H33N3O5. The van der Waals surface area contributed by atoms with Crippen LogP contribution in [0, 0.1) is 11.3 Å². The summed E-state index contributed by atoms with van der Waals surface area (Å²) < 4.78 is 22.9. The summed E-state index contributed by atoms with van der Waals surface area (Å²) in [6.45, 7) is 3.28. The Kier molecular flexibility index (Phi) is 10.1. The van der Waals surface area contributed by atoms with E-state index in [0.717, 1.165) is 34.7 Å². The molecule has 0 saturated carbocycles. The third kappa shape index (κ3) is 7.56. The van der Waals surface area contributed by atoms with Crippen molar-refractivity contribution in [2.45, 2.75) is 25.7 Å². The van der Waals surface area contributed by atoms with Gasteiger partial charge >= 0.3 is 0 Å². The van der Waals surface area contributed by atoms with Gasteiger partial charge in [0.25, 0.3) is 0 Å². The van der Waals surface area contributed by atoms with Crippen LogP contribution in [0.25, 0.3) is 0 Å². The minimum atomic E-state index is -0.137. The fraction of sp³-hybridized carbons (Fsp3) is 0.333. The maximum Gasteiger partial charge on any atom is 0.241 e. The summed E-state index contributed by atoms with van der Waals surface area (Å²) in [6, 6.07) is 24.7. The molecule has 38 heavy (non-hydrogen) atoms. The molecule has 1 N–H and O–H groups in total. The van der Waals surface area contributed by atoms with Gasteiger partial charge in [0.05, 0.1) is 64.4 Å². The number of hydrogen-bond donors (Lipinski definition) is 1. The Labute approximate surface area is 223 Å². The van der Waals surface area contributed by atoms with E-state index >= 15 is 0 Å². The van der Waals surface area contributed by atoms with Crippen molar-refractivity contribution in [3.63, 3.8) is 0 Å². The van der Waals surface area contributed by atoms with Crippen molar-refractivity contribution in [1.82, 2.24) is 5.32 Å². The van der Waals surface area contributed by atoms with Gasteiger partial charge in [-0.3, -0.25) is 4.79 Å². The molecule has 0 bridgehead atoms. The van der Waals surface area contributed by atoms with Gasteiger partial charge in [0.15, 0.2) is 0 Å². The highest BCUT2D eigenvalue weighted by atomic mass is 16.5. The molecule has 1 saturated heterocycles. The summed E-state index contributed by atoms with van der Waals surface area (Å²) in [4.78, 5) is 14.5. The molecule has 8 nitrogen and oxygen atoms in total. The van der Waals surface area contributed by atoms with Crippen LogP contribution in [0.1, 0.15) is 23.1 Å². The number of amides is 1. The van der Waals surface area contributed by atoms with Crippen LogP contribution in [0.5, 0.6) is 11.5 Å².